The summed E-state index contributed by atoms with van der Waals surface area (Å²) in [6.45, 7) is 9.61. The predicted octanol–water partition coefficient (Wildman–Crippen LogP) is 4.66. The Hall–Kier alpha value is -3.09. The van der Waals surface area contributed by atoms with Crippen LogP contribution in [0.15, 0.2) is 41.6 Å². The van der Waals surface area contributed by atoms with Crippen LogP contribution in [0.4, 0.5) is 0 Å². The van der Waals surface area contributed by atoms with Gasteiger partial charge in [0, 0.05) is 6.07 Å². The van der Waals surface area contributed by atoms with Gasteiger partial charge in [-0.15, -0.1) is 10.2 Å². The molecular weight excluding hydrogens is 382 g/mol. The smallest absolute Gasteiger partial charge is 0.233 e. The van der Waals surface area contributed by atoms with Gasteiger partial charge in [0.15, 0.2) is 0 Å². The maximum absolute atomic E-state index is 5.99. The van der Waals surface area contributed by atoms with Crippen molar-refractivity contribution >= 4 is 5.71 Å². The van der Waals surface area contributed by atoms with E-state index in [0.717, 1.165) is 35.5 Å². The van der Waals surface area contributed by atoms with Gasteiger partial charge in [-0.2, -0.15) is 0 Å². The first-order valence-corrected chi connectivity index (χ1v) is 10.1. The average molecular weight is 414 g/mol. The quantitative estimate of drug-likeness (QED) is 0.218. The molecule has 1 aromatic heterocycles. The molecule has 0 aliphatic carbocycles. The van der Waals surface area contributed by atoms with Crippen LogP contribution in [0.25, 0.3) is 0 Å². The fourth-order valence-corrected chi connectivity index (χ4v) is 2.79. The van der Waals surface area contributed by atoms with Crippen LogP contribution in [0.5, 0.6) is 17.4 Å². The van der Waals surface area contributed by atoms with Gasteiger partial charge < -0.3 is 19.0 Å². The Morgan fingerprint density at radius 3 is 2.30 bits per heavy atom. The van der Waals surface area contributed by atoms with E-state index < -0.39 is 0 Å². The molecule has 0 saturated heterocycles. The molecule has 7 nitrogen and oxygen atoms in total. The molecule has 0 bridgehead atoms. The number of oxime groups is 1. The van der Waals surface area contributed by atoms with Crippen molar-refractivity contribution < 1.29 is 19.0 Å². The highest BCUT2D eigenvalue weighted by Gasteiger charge is 2.07. The topological polar surface area (TPSA) is 75.1 Å². The molecule has 2 aromatic rings. The first-order chi connectivity index (χ1) is 14.5. The van der Waals surface area contributed by atoms with Gasteiger partial charge in [-0.05, 0) is 69.9 Å². The monoisotopic (exact) mass is 413 g/mol. The van der Waals surface area contributed by atoms with E-state index in [0.29, 0.717) is 37.1 Å². The summed E-state index contributed by atoms with van der Waals surface area (Å²) >= 11 is 0. The second kappa shape index (κ2) is 12.5. The fraction of sp³-hybridized carbons (Fsp3) is 0.435. The highest BCUT2D eigenvalue weighted by atomic mass is 16.6. The van der Waals surface area contributed by atoms with Crippen LogP contribution in [-0.2, 0) is 4.84 Å². The Balaban J connectivity index is 1.72. The van der Waals surface area contributed by atoms with Crippen LogP contribution in [-0.4, -0.2) is 42.8 Å². The van der Waals surface area contributed by atoms with Gasteiger partial charge in [-0.1, -0.05) is 17.3 Å². The second-order valence-electron chi connectivity index (χ2n) is 6.79. The number of hydrogen-bond donors (Lipinski definition) is 0. The number of aromatic nitrogens is 2. The normalized spacial score (nSPS) is 11.6. The van der Waals surface area contributed by atoms with Gasteiger partial charge in [-0.3, -0.25) is 0 Å². The number of aryl methyl sites for hydroxylation is 2. The molecule has 0 spiro atoms. The highest BCUT2D eigenvalue weighted by molar-refractivity contribution is 5.96. The maximum Gasteiger partial charge on any atom is 0.233 e. The molecule has 0 atom stereocenters. The first-order valence-electron chi connectivity index (χ1n) is 10.1. The zero-order chi connectivity index (χ0) is 21.8. The summed E-state index contributed by atoms with van der Waals surface area (Å²) in [5.74, 6) is 2.27. The van der Waals surface area contributed by atoms with E-state index in [-0.39, 0.29) is 0 Å². The summed E-state index contributed by atoms with van der Waals surface area (Å²) < 4.78 is 17.3. The summed E-state index contributed by atoms with van der Waals surface area (Å²) in [5, 5.41) is 12.0. The first kappa shape index (κ1) is 23.2. The Bertz CT molecular complexity index is 825. The second-order valence-corrected chi connectivity index (χ2v) is 6.79. The van der Waals surface area contributed by atoms with Crippen LogP contribution in [0.3, 0.4) is 0 Å². The molecule has 0 fully saturated rings. The minimum Gasteiger partial charge on any atom is -0.493 e. The molecule has 0 aliphatic heterocycles. The molecule has 0 N–H and O–H groups in total. The van der Waals surface area contributed by atoms with Gasteiger partial charge in [0.2, 0.25) is 5.88 Å². The van der Waals surface area contributed by atoms with E-state index in [9.17, 15) is 0 Å². The van der Waals surface area contributed by atoms with E-state index in [2.05, 4.69) is 15.4 Å². The van der Waals surface area contributed by atoms with E-state index in [1.807, 2.05) is 52.0 Å². The molecule has 162 valence electrons. The van der Waals surface area contributed by atoms with Crippen molar-refractivity contribution in [3.05, 3.63) is 53.2 Å². The number of rotatable bonds is 12. The zero-order valence-corrected chi connectivity index (χ0v) is 18.5. The van der Waals surface area contributed by atoms with Crippen LogP contribution in [0.1, 0.15) is 43.5 Å². The zero-order valence-electron chi connectivity index (χ0n) is 18.5. The SMILES string of the molecule is C/C=C/COc1cc(C)c(OCCCCOc2ccc(C(C)=NOC)nn2)c(C)c1. The molecule has 0 amide bonds. The Kier molecular flexibility index (Phi) is 9.64. The van der Waals surface area contributed by atoms with Crippen LogP contribution in [0, 0.1) is 13.8 Å². The molecule has 0 aliphatic rings. The molecule has 2 rings (SSSR count). The van der Waals surface area contributed by atoms with E-state index in [1.54, 1.807) is 12.1 Å². The lowest BCUT2D eigenvalue weighted by Crippen LogP contribution is -2.06. The molecule has 1 aromatic carbocycles. The van der Waals surface area contributed by atoms with Crippen molar-refractivity contribution in [2.45, 2.75) is 40.5 Å². The molecule has 0 unspecified atom stereocenters. The third kappa shape index (κ3) is 7.39. The van der Waals surface area contributed by atoms with Crippen molar-refractivity contribution in [3.8, 4) is 17.4 Å². The van der Waals surface area contributed by atoms with Crippen LogP contribution < -0.4 is 14.2 Å². The summed E-state index contributed by atoms with van der Waals surface area (Å²) in [4.78, 5) is 4.73. The standard InChI is InChI=1S/C23H31N3O4/c1-6-7-12-28-20-15-17(2)23(18(3)16-20)30-14-9-8-13-29-22-11-10-21(24-25-22)19(4)26-27-5/h6-7,10-11,15-16H,8-9,12-14H2,1-5H3/b7-6+,26-19?. The lowest BCUT2D eigenvalue weighted by atomic mass is 10.1. The van der Waals surface area contributed by atoms with Gasteiger partial charge in [-0.25, -0.2) is 0 Å². The van der Waals surface area contributed by atoms with Crippen LogP contribution >= 0.6 is 0 Å². The lowest BCUT2D eigenvalue weighted by Gasteiger charge is -2.14. The third-order valence-electron chi connectivity index (χ3n) is 4.29. The van der Waals surface area contributed by atoms with Crippen molar-refractivity contribution in [3.63, 3.8) is 0 Å². The summed E-state index contributed by atoms with van der Waals surface area (Å²) in [6, 6.07) is 7.60. The van der Waals surface area contributed by atoms with E-state index in [1.165, 1.54) is 7.11 Å². The molecule has 0 saturated carbocycles. The number of unbranched alkanes of at least 4 members (excludes halogenated alkanes) is 1. The van der Waals surface area contributed by atoms with Gasteiger partial charge in [0.05, 0.1) is 13.2 Å². The lowest BCUT2D eigenvalue weighted by molar-refractivity contribution is 0.213. The van der Waals surface area contributed by atoms with Gasteiger partial charge >= 0.3 is 0 Å². The minimum absolute atomic E-state index is 0.491. The largest absolute Gasteiger partial charge is 0.493 e. The minimum atomic E-state index is 0.491. The predicted molar refractivity (Wildman–Crippen MR) is 118 cm³/mol. The molecule has 7 heteroatoms. The summed E-state index contributed by atoms with van der Waals surface area (Å²) in [7, 11) is 1.50. The number of benzene rings is 1. The van der Waals surface area contributed by atoms with Crippen molar-refractivity contribution in [2.75, 3.05) is 26.9 Å². The van der Waals surface area contributed by atoms with Gasteiger partial charge in [0.25, 0.3) is 0 Å². The number of ether oxygens (including phenoxy) is 3. The summed E-state index contributed by atoms with van der Waals surface area (Å²) in [5.41, 5.74) is 3.46. The van der Waals surface area contributed by atoms with Crippen molar-refractivity contribution in [1.82, 2.24) is 10.2 Å². The number of allylic oxidation sites excluding steroid dienone is 1. The highest BCUT2D eigenvalue weighted by Crippen LogP contribution is 2.28. The van der Waals surface area contributed by atoms with Crippen molar-refractivity contribution in [1.29, 1.82) is 0 Å². The molecule has 0 radical (unpaired) electrons. The average Bonchev–Trinajstić information content (AvgIpc) is 2.73. The Labute approximate surface area is 178 Å². The molecule has 30 heavy (non-hydrogen) atoms. The van der Waals surface area contributed by atoms with E-state index in [4.69, 9.17) is 19.0 Å². The third-order valence-corrected chi connectivity index (χ3v) is 4.29. The van der Waals surface area contributed by atoms with E-state index >= 15 is 0 Å². The van der Waals surface area contributed by atoms with Gasteiger partial charge in [0.1, 0.15) is 36.6 Å². The maximum atomic E-state index is 5.99. The molecule has 1 heterocycles. The molecular formula is C23H31N3O4. The Morgan fingerprint density at radius 2 is 1.70 bits per heavy atom. The number of hydrogen-bond acceptors (Lipinski definition) is 7. The van der Waals surface area contributed by atoms with Crippen LogP contribution in [0.2, 0.25) is 0 Å². The number of nitrogens with zero attached hydrogens (tertiary/aromatic N) is 3. The summed E-state index contributed by atoms with van der Waals surface area (Å²) in [6.07, 6.45) is 5.69. The Morgan fingerprint density at radius 1 is 1.00 bits per heavy atom. The van der Waals surface area contributed by atoms with Crippen molar-refractivity contribution in [2.24, 2.45) is 5.16 Å². The fourth-order valence-electron chi connectivity index (χ4n) is 2.79.